The topological polar surface area (TPSA) is 79.3 Å². The number of ether oxygens (including phenoxy) is 2. The molecule has 7 nitrogen and oxygen atoms in total. The molecule has 1 fully saturated rings. The lowest BCUT2D eigenvalue weighted by molar-refractivity contribution is -0.143. The number of rotatable bonds is 10. The van der Waals surface area contributed by atoms with E-state index in [0.717, 1.165) is 62.9 Å². The van der Waals surface area contributed by atoms with E-state index in [1.54, 1.807) is 19.2 Å². The summed E-state index contributed by atoms with van der Waals surface area (Å²) in [5, 5.41) is 9.86. The van der Waals surface area contributed by atoms with Gasteiger partial charge in [0.15, 0.2) is 23.1 Å². The summed E-state index contributed by atoms with van der Waals surface area (Å²) >= 11 is 0. The molecule has 0 bridgehead atoms. The summed E-state index contributed by atoms with van der Waals surface area (Å²) in [5.41, 5.74) is 1.26. The predicted octanol–water partition coefficient (Wildman–Crippen LogP) is 5.21. The van der Waals surface area contributed by atoms with Gasteiger partial charge >= 0.3 is 5.97 Å². The first-order valence-electron chi connectivity index (χ1n) is 12.8. The third-order valence-electron chi connectivity index (χ3n) is 6.88. The number of amides is 1. The standard InChI is InChI=1S/C19H17F2NO4.C9H19NO/c1-22-8-12(10-3-5-15-16(7-10)26-9-25-15)17(19(23)24)18(22)11-2-4-13(20)14(21)6-11;1-3-5-7-10(9-11)8-6-4-2/h2-7,12,17-18H,8-9H2,1H3,(H,23,24);9H,3-8H2,1-2H3. The normalized spacial score (nSPS) is 20.3. The van der Waals surface area contributed by atoms with E-state index in [-0.39, 0.29) is 12.7 Å². The molecule has 2 aromatic rings. The van der Waals surface area contributed by atoms with Gasteiger partial charge in [-0.05, 0) is 55.3 Å². The van der Waals surface area contributed by atoms with Crippen LogP contribution in [-0.4, -0.2) is 60.8 Å². The highest BCUT2D eigenvalue weighted by molar-refractivity contribution is 5.73. The Morgan fingerprint density at radius 3 is 2.27 bits per heavy atom. The van der Waals surface area contributed by atoms with Crippen molar-refractivity contribution in [1.29, 1.82) is 0 Å². The maximum Gasteiger partial charge on any atom is 0.309 e. The molecular weight excluding hydrogens is 482 g/mol. The van der Waals surface area contributed by atoms with Gasteiger partial charge in [-0.2, -0.15) is 0 Å². The van der Waals surface area contributed by atoms with Crippen LogP contribution in [-0.2, 0) is 9.59 Å². The molecule has 9 heteroatoms. The molecule has 3 unspecified atom stereocenters. The quantitative estimate of drug-likeness (QED) is 0.435. The van der Waals surface area contributed by atoms with Gasteiger partial charge in [0, 0.05) is 31.6 Å². The Bertz CT molecular complexity index is 1060. The van der Waals surface area contributed by atoms with Gasteiger partial charge in [-0.15, -0.1) is 0 Å². The second kappa shape index (κ2) is 13.4. The Morgan fingerprint density at radius 2 is 1.68 bits per heavy atom. The van der Waals surface area contributed by atoms with Crippen LogP contribution in [0.1, 0.15) is 62.6 Å². The Balaban J connectivity index is 0.000000295. The van der Waals surface area contributed by atoms with E-state index in [1.165, 1.54) is 6.07 Å². The van der Waals surface area contributed by atoms with Gasteiger partial charge in [-0.3, -0.25) is 14.5 Å². The molecule has 37 heavy (non-hydrogen) atoms. The monoisotopic (exact) mass is 518 g/mol. The Labute approximate surface area is 217 Å². The zero-order chi connectivity index (χ0) is 26.9. The molecule has 1 saturated heterocycles. The van der Waals surface area contributed by atoms with Crippen LogP contribution in [0.5, 0.6) is 11.5 Å². The van der Waals surface area contributed by atoms with Gasteiger partial charge in [-0.25, -0.2) is 8.78 Å². The minimum atomic E-state index is -0.980. The molecule has 1 amide bonds. The second-order valence-electron chi connectivity index (χ2n) is 9.49. The lowest BCUT2D eigenvalue weighted by Crippen LogP contribution is -2.26. The molecule has 2 aliphatic heterocycles. The first-order chi connectivity index (χ1) is 17.8. The van der Waals surface area contributed by atoms with Crippen LogP contribution in [0.25, 0.3) is 0 Å². The van der Waals surface area contributed by atoms with Crippen molar-refractivity contribution in [3.05, 3.63) is 59.2 Å². The van der Waals surface area contributed by atoms with Crippen molar-refractivity contribution in [1.82, 2.24) is 9.80 Å². The summed E-state index contributed by atoms with van der Waals surface area (Å²) in [6, 6.07) is 8.39. The number of hydrogen-bond donors (Lipinski definition) is 1. The van der Waals surface area contributed by atoms with Crippen LogP contribution in [0.3, 0.4) is 0 Å². The van der Waals surface area contributed by atoms with Crippen LogP contribution in [0.4, 0.5) is 8.78 Å². The predicted molar refractivity (Wildman–Crippen MR) is 136 cm³/mol. The maximum absolute atomic E-state index is 13.7. The number of nitrogens with zero attached hydrogens (tertiary/aromatic N) is 2. The highest BCUT2D eigenvalue weighted by atomic mass is 19.2. The molecule has 2 aromatic carbocycles. The molecule has 0 radical (unpaired) electrons. The highest BCUT2D eigenvalue weighted by Crippen LogP contribution is 2.47. The van der Waals surface area contributed by atoms with Gasteiger partial charge in [0.25, 0.3) is 0 Å². The first kappa shape index (κ1) is 28.4. The van der Waals surface area contributed by atoms with E-state index in [9.17, 15) is 23.5 Å². The summed E-state index contributed by atoms with van der Waals surface area (Å²) in [5.74, 6) is -2.81. The van der Waals surface area contributed by atoms with E-state index in [2.05, 4.69) is 13.8 Å². The van der Waals surface area contributed by atoms with Crippen LogP contribution < -0.4 is 9.47 Å². The van der Waals surface area contributed by atoms with E-state index in [0.29, 0.717) is 23.6 Å². The van der Waals surface area contributed by atoms with Crippen LogP contribution in [0, 0.1) is 17.6 Å². The molecular formula is C28H36F2N2O5. The van der Waals surface area contributed by atoms with Crippen molar-refractivity contribution in [2.45, 2.75) is 51.5 Å². The van der Waals surface area contributed by atoms with Gasteiger partial charge < -0.3 is 19.5 Å². The number of halogens is 2. The summed E-state index contributed by atoms with van der Waals surface area (Å²) in [6.45, 7) is 6.76. The van der Waals surface area contributed by atoms with Gasteiger partial charge in [0.1, 0.15) is 0 Å². The number of unbranched alkanes of at least 4 members (excludes halogenated alkanes) is 2. The van der Waals surface area contributed by atoms with Crippen molar-refractivity contribution in [2.75, 3.05) is 33.5 Å². The summed E-state index contributed by atoms with van der Waals surface area (Å²) < 4.78 is 37.7. The number of carbonyl (C=O) groups is 2. The summed E-state index contributed by atoms with van der Waals surface area (Å²) in [6.07, 6.45) is 5.54. The fourth-order valence-electron chi connectivity index (χ4n) is 4.89. The molecule has 1 N–H and O–H groups in total. The lowest BCUT2D eigenvalue weighted by atomic mass is 9.83. The van der Waals surface area contributed by atoms with Crippen molar-refractivity contribution in [3.8, 4) is 11.5 Å². The molecule has 4 rings (SSSR count). The third-order valence-corrected chi connectivity index (χ3v) is 6.88. The molecule has 0 saturated carbocycles. The number of aliphatic carboxylic acids is 1. The minimum Gasteiger partial charge on any atom is -0.481 e. The smallest absolute Gasteiger partial charge is 0.309 e. The van der Waals surface area contributed by atoms with Crippen molar-refractivity contribution >= 4 is 12.4 Å². The maximum atomic E-state index is 13.7. The van der Waals surface area contributed by atoms with Gasteiger partial charge in [0.05, 0.1) is 5.92 Å². The third kappa shape index (κ3) is 6.97. The van der Waals surface area contributed by atoms with Gasteiger partial charge in [-0.1, -0.05) is 38.8 Å². The SMILES string of the molecule is CCCCN(C=O)CCCC.CN1CC(c2ccc3c(c2)OCO3)C(C(=O)O)C1c1ccc(F)c(F)c1. The number of likely N-dealkylation sites (N-methyl/N-ethyl adjacent to an activating group) is 1. The van der Waals surface area contributed by atoms with Crippen LogP contribution >= 0.6 is 0 Å². The summed E-state index contributed by atoms with van der Waals surface area (Å²) in [4.78, 5) is 26.2. The fraction of sp³-hybridized carbons (Fsp3) is 0.500. The number of carboxylic acid groups (broad SMARTS) is 1. The lowest BCUT2D eigenvalue weighted by Gasteiger charge is -2.24. The average molecular weight is 519 g/mol. The fourth-order valence-corrected chi connectivity index (χ4v) is 4.89. The van der Waals surface area contributed by atoms with Crippen LogP contribution in [0.2, 0.25) is 0 Å². The van der Waals surface area contributed by atoms with Crippen molar-refractivity contribution in [2.24, 2.45) is 5.92 Å². The molecule has 3 atom stereocenters. The number of fused-ring (bicyclic) bond motifs is 1. The molecule has 0 spiro atoms. The van der Waals surface area contributed by atoms with E-state index < -0.39 is 29.6 Å². The average Bonchev–Trinajstić information content (AvgIpc) is 3.50. The highest BCUT2D eigenvalue weighted by Gasteiger charge is 2.46. The molecule has 2 heterocycles. The first-order valence-corrected chi connectivity index (χ1v) is 12.8. The number of carboxylic acids is 1. The molecule has 2 aliphatic rings. The van der Waals surface area contributed by atoms with E-state index >= 15 is 0 Å². The Kier molecular flexibility index (Phi) is 10.3. The Hall–Kier alpha value is -3.20. The van der Waals surface area contributed by atoms with E-state index in [1.807, 2.05) is 15.9 Å². The molecule has 0 aromatic heterocycles. The van der Waals surface area contributed by atoms with Crippen LogP contribution in [0.15, 0.2) is 36.4 Å². The minimum absolute atomic E-state index is 0.142. The van der Waals surface area contributed by atoms with Gasteiger partial charge in [0.2, 0.25) is 13.2 Å². The number of benzene rings is 2. The van der Waals surface area contributed by atoms with Crippen molar-refractivity contribution in [3.63, 3.8) is 0 Å². The number of carbonyl (C=O) groups excluding carboxylic acids is 1. The Morgan fingerprint density at radius 1 is 1.03 bits per heavy atom. The van der Waals surface area contributed by atoms with Crippen molar-refractivity contribution < 1.29 is 33.0 Å². The van der Waals surface area contributed by atoms with E-state index in [4.69, 9.17) is 9.47 Å². The summed E-state index contributed by atoms with van der Waals surface area (Å²) in [7, 11) is 1.79. The zero-order valence-corrected chi connectivity index (χ0v) is 21.7. The molecule has 202 valence electrons. The number of hydrogen-bond acceptors (Lipinski definition) is 5. The largest absolute Gasteiger partial charge is 0.481 e. The number of likely N-dealkylation sites (tertiary alicyclic amines) is 1. The second-order valence-corrected chi connectivity index (χ2v) is 9.49. The molecule has 0 aliphatic carbocycles. The zero-order valence-electron chi connectivity index (χ0n) is 21.7.